The van der Waals surface area contributed by atoms with Crippen molar-refractivity contribution in [3.8, 4) is 11.5 Å². The van der Waals surface area contributed by atoms with E-state index in [0.29, 0.717) is 18.7 Å². The Hall–Kier alpha value is -2.98. The first kappa shape index (κ1) is 24.2. The highest BCUT2D eigenvalue weighted by molar-refractivity contribution is 7.92. The topological polar surface area (TPSA) is 113 Å². The van der Waals surface area contributed by atoms with E-state index in [0.717, 1.165) is 39.6 Å². The van der Waals surface area contributed by atoms with Crippen molar-refractivity contribution in [3.05, 3.63) is 65.2 Å². The van der Waals surface area contributed by atoms with E-state index >= 15 is 0 Å². The number of benzene rings is 3. The van der Waals surface area contributed by atoms with Crippen molar-refractivity contribution in [2.24, 2.45) is 0 Å². The second-order valence-corrected chi connectivity index (χ2v) is 10.1. The fourth-order valence-electron chi connectivity index (χ4n) is 3.70. The molecule has 10 heteroatoms. The van der Waals surface area contributed by atoms with E-state index in [1.807, 2.05) is 36.4 Å². The predicted octanol–water partition coefficient (Wildman–Crippen LogP) is 4.06. The van der Waals surface area contributed by atoms with Crippen molar-refractivity contribution in [2.75, 3.05) is 37.8 Å². The van der Waals surface area contributed by atoms with Gasteiger partial charge in [-0.1, -0.05) is 17.7 Å². The maximum Gasteiger partial charge on any atom is 0.229 e. The fraction of sp³-hybridized carbons (Fsp3) is 0.250. The van der Waals surface area contributed by atoms with Crippen LogP contribution in [0.25, 0.3) is 21.8 Å². The molecule has 0 aliphatic heterocycles. The van der Waals surface area contributed by atoms with Crippen LogP contribution in [-0.4, -0.2) is 51.6 Å². The zero-order chi connectivity index (χ0) is 24.3. The van der Waals surface area contributed by atoms with Crippen LogP contribution in [0.15, 0.2) is 54.6 Å². The number of aromatic nitrogens is 1. The number of anilines is 1. The summed E-state index contributed by atoms with van der Waals surface area (Å²) in [7, 11) is -1.82. The number of ether oxygens (including phenoxy) is 2. The Kier molecular flexibility index (Phi) is 7.18. The maximum absolute atomic E-state index is 11.5. The number of fused-ring (bicyclic) bond motifs is 3. The summed E-state index contributed by atoms with van der Waals surface area (Å²) in [5, 5.41) is 16.0. The van der Waals surface area contributed by atoms with Crippen LogP contribution in [0, 0.1) is 0 Å². The first-order valence-corrected chi connectivity index (χ1v) is 12.9. The molecule has 1 heterocycles. The average molecular weight is 504 g/mol. The van der Waals surface area contributed by atoms with Gasteiger partial charge in [-0.2, -0.15) is 0 Å². The number of H-pyrrole nitrogens is 1. The molecule has 0 saturated heterocycles. The first-order chi connectivity index (χ1) is 16.2. The molecule has 0 aliphatic rings. The molecular formula is C24H26ClN3O5S. The van der Waals surface area contributed by atoms with Crippen molar-refractivity contribution < 1.29 is 23.0 Å². The molecule has 1 aromatic heterocycles. The van der Waals surface area contributed by atoms with Crippen LogP contribution in [0.3, 0.4) is 0 Å². The summed E-state index contributed by atoms with van der Waals surface area (Å²) in [6, 6.07) is 16.5. The first-order valence-electron chi connectivity index (χ1n) is 10.6. The third-order valence-corrected chi connectivity index (χ3v) is 6.25. The van der Waals surface area contributed by atoms with E-state index in [1.165, 1.54) is 6.07 Å². The number of halogens is 1. The number of rotatable bonds is 10. The molecule has 0 fully saturated rings. The van der Waals surface area contributed by atoms with Gasteiger partial charge in [0.2, 0.25) is 10.0 Å². The molecule has 4 aromatic rings. The average Bonchev–Trinajstić information content (AvgIpc) is 3.16. The molecular weight excluding hydrogens is 478 g/mol. The number of aromatic amines is 1. The van der Waals surface area contributed by atoms with E-state index in [-0.39, 0.29) is 17.3 Å². The smallest absolute Gasteiger partial charge is 0.229 e. The van der Waals surface area contributed by atoms with E-state index in [1.54, 1.807) is 19.2 Å². The number of sulfonamides is 1. The van der Waals surface area contributed by atoms with Gasteiger partial charge in [-0.15, -0.1) is 0 Å². The lowest BCUT2D eigenvalue weighted by molar-refractivity contribution is 0.172. The Morgan fingerprint density at radius 3 is 2.59 bits per heavy atom. The second-order valence-electron chi connectivity index (χ2n) is 7.93. The minimum absolute atomic E-state index is 0.231. The highest BCUT2D eigenvalue weighted by Gasteiger charge is 2.12. The van der Waals surface area contributed by atoms with Gasteiger partial charge in [0.1, 0.15) is 18.1 Å². The summed E-state index contributed by atoms with van der Waals surface area (Å²) in [6.45, 7) is 1.20. The minimum Gasteiger partial charge on any atom is -0.497 e. The van der Waals surface area contributed by atoms with Crippen LogP contribution >= 0.6 is 11.6 Å². The Bertz CT molecular complexity index is 1420. The summed E-state index contributed by atoms with van der Waals surface area (Å²) in [5.41, 5.74) is 2.78. The third-order valence-electron chi connectivity index (χ3n) is 5.33. The Morgan fingerprint density at radius 1 is 1.03 bits per heavy atom. The molecule has 1 atom stereocenters. The number of hydrogen-bond donors (Lipinski definition) is 4. The van der Waals surface area contributed by atoms with Crippen molar-refractivity contribution >= 4 is 49.1 Å². The molecule has 0 aliphatic carbocycles. The van der Waals surface area contributed by atoms with Gasteiger partial charge >= 0.3 is 0 Å². The van der Waals surface area contributed by atoms with Gasteiger partial charge in [0.05, 0.1) is 35.7 Å². The lowest BCUT2D eigenvalue weighted by atomic mass is 10.1. The van der Waals surface area contributed by atoms with Crippen LogP contribution in [0.1, 0.15) is 11.7 Å². The molecule has 0 spiro atoms. The zero-order valence-corrected chi connectivity index (χ0v) is 20.3. The zero-order valence-electron chi connectivity index (χ0n) is 18.8. The summed E-state index contributed by atoms with van der Waals surface area (Å²) >= 11 is 6.04. The van der Waals surface area contributed by atoms with Gasteiger partial charge in [-0.05, 0) is 48.0 Å². The van der Waals surface area contributed by atoms with Crippen molar-refractivity contribution in [3.63, 3.8) is 0 Å². The van der Waals surface area contributed by atoms with E-state index < -0.39 is 16.1 Å². The molecule has 0 saturated carbocycles. The summed E-state index contributed by atoms with van der Waals surface area (Å²) in [4.78, 5) is 3.39. The minimum atomic E-state index is -3.47. The quantitative estimate of drug-likeness (QED) is 0.243. The fourth-order valence-corrected chi connectivity index (χ4v) is 4.49. The highest BCUT2D eigenvalue weighted by atomic mass is 35.5. The van der Waals surface area contributed by atoms with E-state index in [2.05, 4.69) is 15.0 Å². The van der Waals surface area contributed by atoms with Gasteiger partial charge < -0.3 is 24.9 Å². The van der Waals surface area contributed by atoms with Crippen LogP contribution in [0.4, 0.5) is 5.69 Å². The lowest BCUT2D eigenvalue weighted by Gasteiger charge is -2.15. The molecule has 0 bridgehead atoms. The number of hydrogen-bond acceptors (Lipinski definition) is 6. The molecule has 0 amide bonds. The summed E-state index contributed by atoms with van der Waals surface area (Å²) < 4.78 is 36.5. The highest BCUT2D eigenvalue weighted by Crippen LogP contribution is 2.31. The van der Waals surface area contributed by atoms with Crippen LogP contribution in [0.5, 0.6) is 11.5 Å². The van der Waals surface area contributed by atoms with Gasteiger partial charge in [-0.25, -0.2) is 8.42 Å². The van der Waals surface area contributed by atoms with Gasteiger partial charge in [0, 0.05) is 35.4 Å². The van der Waals surface area contributed by atoms with Gasteiger partial charge in [-0.3, -0.25) is 4.72 Å². The molecule has 0 radical (unpaired) electrons. The van der Waals surface area contributed by atoms with E-state index in [9.17, 15) is 13.5 Å². The van der Waals surface area contributed by atoms with Crippen molar-refractivity contribution in [1.29, 1.82) is 0 Å². The van der Waals surface area contributed by atoms with Crippen LogP contribution in [-0.2, 0) is 10.0 Å². The SMILES string of the molecule is COc1ccc2[nH]c3cc(OCCNCC(O)c4ccc(Cl)c(NS(C)(=O)=O)c4)ccc3c2c1. The summed E-state index contributed by atoms with van der Waals surface area (Å²) in [6.07, 6.45) is 0.207. The molecule has 8 nitrogen and oxygen atoms in total. The number of aliphatic hydroxyl groups is 1. The monoisotopic (exact) mass is 503 g/mol. The largest absolute Gasteiger partial charge is 0.497 e. The van der Waals surface area contributed by atoms with Gasteiger partial charge in [0.15, 0.2) is 0 Å². The normalized spacial score (nSPS) is 12.7. The van der Waals surface area contributed by atoms with Crippen LogP contribution in [0.2, 0.25) is 5.02 Å². The molecule has 180 valence electrons. The van der Waals surface area contributed by atoms with Crippen molar-refractivity contribution in [2.45, 2.75) is 6.10 Å². The van der Waals surface area contributed by atoms with Crippen LogP contribution < -0.4 is 19.5 Å². The summed E-state index contributed by atoms with van der Waals surface area (Å²) in [5.74, 6) is 1.55. The molecule has 4 N–H and O–H groups in total. The standard InChI is InChI=1S/C24H26ClN3O5S/c1-32-16-5-8-21-19(12-16)18-6-4-17(13-22(18)27-21)33-10-9-26-14-24(29)15-3-7-20(25)23(11-15)28-34(2,30)31/h3-8,11-13,24,26-29H,9-10,14H2,1-2H3. The Labute approximate surface area is 202 Å². The molecule has 4 rings (SSSR count). The molecule has 34 heavy (non-hydrogen) atoms. The second kappa shape index (κ2) is 10.1. The maximum atomic E-state index is 11.5. The number of methoxy groups -OCH3 is 1. The Morgan fingerprint density at radius 2 is 1.82 bits per heavy atom. The van der Waals surface area contributed by atoms with E-state index in [4.69, 9.17) is 21.1 Å². The molecule has 3 aromatic carbocycles. The lowest BCUT2D eigenvalue weighted by Crippen LogP contribution is -2.26. The number of aliphatic hydroxyl groups excluding tert-OH is 1. The number of nitrogens with one attached hydrogen (secondary N) is 3. The molecule has 1 unspecified atom stereocenters. The predicted molar refractivity (Wildman–Crippen MR) is 136 cm³/mol. The third kappa shape index (κ3) is 5.74. The van der Waals surface area contributed by atoms with Crippen molar-refractivity contribution in [1.82, 2.24) is 10.3 Å². The van der Waals surface area contributed by atoms with Gasteiger partial charge in [0.25, 0.3) is 0 Å². The Balaban J connectivity index is 1.30.